The molecule has 1 saturated carbocycles. The Morgan fingerprint density at radius 1 is 1.21 bits per heavy atom. The predicted octanol–water partition coefficient (Wildman–Crippen LogP) is 2.67. The summed E-state index contributed by atoms with van der Waals surface area (Å²) in [5.41, 5.74) is 0.974. The van der Waals surface area contributed by atoms with Gasteiger partial charge in [0.05, 0.1) is 0 Å². The molecule has 19 heavy (non-hydrogen) atoms. The van der Waals surface area contributed by atoms with Crippen LogP contribution >= 0.6 is 0 Å². The van der Waals surface area contributed by atoms with Crippen molar-refractivity contribution in [2.24, 2.45) is 5.92 Å². The fourth-order valence-electron chi connectivity index (χ4n) is 2.33. The smallest absolute Gasteiger partial charge is 0.407 e. The molecular weight excluding hydrogens is 242 g/mol. The maximum absolute atomic E-state index is 11.6. The van der Waals surface area contributed by atoms with E-state index in [0.717, 1.165) is 37.5 Å². The van der Waals surface area contributed by atoms with Crippen LogP contribution in [0.1, 0.15) is 31.2 Å². The van der Waals surface area contributed by atoms with Gasteiger partial charge in [0.15, 0.2) is 0 Å². The first-order valence-electron chi connectivity index (χ1n) is 6.70. The fourth-order valence-corrected chi connectivity index (χ4v) is 2.33. The van der Waals surface area contributed by atoms with Gasteiger partial charge in [0.1, 0.15) is 12.9 Å². The number of hydrogen-bond donors (Lipinski definition) is 1. The van der Waals surface area contributed by atoms with Gasteiger partial charge in [-0.2, -0.15) is 0 Å². The number of alkyl carbamates (subject to hydrolysis) is 1. The predicted molar refractivity (Wildman–Crippen MR) is 71.6 cm³/mol. The molecule has 0 bridgehead atoms. The molecule has 1 N–H and O–H groups in total. The van der Waals surface area contributed by atoms with Crippen molar-refractivity contribution in [3.8, 4) is 0 Å². The first-order valence-corrected chi connectivity index (χ1v) is 6.70. The van der Waals surface area contributed by atoms with Crippen molar-refractivity contribution < 1.29 is 14.3 Å². The minimum atomic E-state index is -0.376. The van der Waals surface area contributed by atoms with Crippen LogP contribution in [0.25, 0.3) is 0 Å². The average Bonchev–Trinajstić information content (AvgIpc) is 2.47. The van der Waals surface area contributed by atoms with Crippen LogP contribution in [0.3, 0.4) is 0 Å². The van der Waals surface area contributed by atoms with E-state index in [-0.39, 0.29) is 24.7 Å². The maximum Gasteiger partial charge on any atom is 0.407 e. The summed E-state index contributed by atoms with van der Waals surface area (Å²) >= 11 is 0. The third-order valence-corrected chi connectivity index (χ3v) is 3.50. The molecule has 1 amide bonds. The molecule has 0 heterocycles. The third-order valence-electron chi connectivity index (χ3n) is 3.50. The van der Waals surface area contributed by atoms with Gasteiger partial charge in [-0.15, -0.1) is 0 Å². The van der Waals surface area contributed by atoms with Crippen molar-refractivity contribution in [3.63, 3.8) is 0 Å². The highest BCUT2D eigenvalue weighted by molar-refractivity contribution is 5.67. The molecule has 0 spiro atoms. The standard InChI is InChI=1S/C15H19NO3/c17-10-12-6-8-14(9-7-12)16-15(18)19-11-13-4-2-1-3-5-13/h1-5,10,12,14H,6-9,11H2,(H,16,18)/t12-,14+. The summed E-state index contributed by atoms with van der Waals surface area (Å²) < 4.78 is 5.16. The van der Waals surface area contributed by atoms with Gasteiger partial charge in [0.25, 0.3) is 0 Å². The van der Waals surface area contributed by atoms with Crippen molar-refractivity contribution in [2.75, 3.05) is 0 Å². The van der Waals surface area contributed by atoms with E-state index in [1.807, 2.05) is 30.3 Å². The molecule has 1 aromatic rings. The van der Waals surface area contributed by atoms with Crippen molar-refractivity contribution >= 4 is 12.4 Å². The number of carbonyl (C=O) groups is 2. The van der Waals surface area contributed by atoms with E-state index < -0.39 is 0 Å². The Hall–Kier alpha value is -1.84. The Morgan fingerprint density at radius 2 is 1.89 bits per heavy atom. The summed E-state index contributed by atoms with van der Waals surface area (Å²) in [7, 11) is 0. The molecule has 0 aromatic heterocycles. The molecule has 0 aliphatic heterocycles. The van der Waals surface area contributed by atoms with E-state index >= 15 is 0 Å². The van der Waals surface area contributed by atoms with E-state index in [1.165, 1.54) is 0 Å². The number of carbonyl (C=O) groups excluding carboxylic acids is 2. The second-order valence-electron chi connectivity index (χ2n) is 4.95. The molecule has 0 saturated heterocycles. The zero-order chi connectivity index (χ0) is 13.5. The molecule has 1 aliphatic carbocycles. The van der Waals surface area contributed by atoms with Crippen molar-refractivity contribution in [3.05, 3.63) is 35.9 Å². The molecular formula is C15H19NO3. The Bertz CT molecular complexity index is 411. The highest BCUT2D eigenvalue weighted by atomic mass is 16.5. The van der Waals surface area contributed by atoms with Crippen molar-refractivity contribution in [1.29, 1.82) is 0 Å². The average molecular weight is 261 g/mol. The van der Waals surface area contributed by atoms with E-state index in [4.69, 9.17) is 4.74 Å². The normalized spacial score (nSPS) is 22.5. The number of ether oxygens (including phenoxy) is 1. The highest BCUT2D eigenvalue weighted by Crippen LogP contribution is 2.22. The van der Waals surface area contributed by atoms with Gasteiger partial charge in [-0.05, 0) is 31.2 Å². The Balaban J connectivity index is 1.69. The first kappa shape index (κ1) is 13.6. The van der Waals surface area contributed by atoms with Gasteiger partial charge < -0.3 is 14.8 Å². The van der Waals surface area contributed by atoms with Gasteiger partial charge in [0, 0.05) is 12.0 Å². The molecule has 0 atom stereocenters. The largest absolute Gasteiger partial charge is 0.445 e. The molecule has 1 aliphatic rings. The Labute approximate surface area is 113 Å². The van der Waals surface area contributed by atoms with Crippen LogP contribution in [0, 0.1) is 5.92 Å². The summed E-state index contributed by atoms with van der Waals surface area (Å²) in [5.74, 6) is 0.165. The number of benzene rings is 1. The number of amides is 1. The summed E-state index contributed by atoms with van der Waals surface area (Å²) in [6.45, 7) is 0.288. The second kappa shape index (κ2) is 6.92. The summed E-state index contributed by atoms with van der Waals surface area (Å²) in [4.78, 5) is 22.3. The second-order valence-corrected chi connectivity index (χ2v) is 4.95. The maximum atomic E-state index is 11.6. The lowest BCUT2D eigenvalue weighted by atomic mass is 9.87. The lowest BCUT2D eigenvalue weighted by Gasteiger charge is -2.25. The minimum Gasteiger partial charge on any atom is -0.445 e. The number of rotatable bonds is 4. The van der Waals surface area contributed by atoms with E-state index in [0.29, 0.717) is 0 Å². The molecule has 1 aromatic carbocycles. The minimum absolute atomic E-state index is 0.138. The molecule has 102 valence electrons. The molecule has 4 nitrogen and oxygen atoms in total. The van der Waals surface area contributed by atoms with Gasteiger partial charge in [-0.1, -0.05) is 30.3 Å². The number of nitrogens with one attached hydrogen (secondary N) is 1. The molecule has 2 rings (SSSR count). The first-order chi connectivity index (χ1) is 9.28. The quantitative estimate of drug-likeness (QED) is 0.848. The van der Waals surface area contributed by atoms with E-state index in [1.54, 1.807) is 0 Å². The van der Waals surface area contributed by atoms with Gasteiger partial charge in [-0.25, -0.2) is 4.79 Å². The monoisotopic (exact) mass is 261 g/mol. The van der Waals surface area contributed by atoms with Crippen molar-refractivity contribution in [1.82, 2.24) is 5.32 Å². The van der Waals surface area contributed by atoms with Crippen LogP contribution in [-0.4, -0.2) is 18.4 Å². The molecule has 0 radical (unpaired) electrons. The van der Waals surface area contributed by atoms with Gasteiger partial charge in [0.2, 0.25) is 0 Å². The number of aldehydes is 1. The van der Waals surface area contributed by atoms with E-state index in [9.17, 15) is 9.59 Å². The lowest BCUT2D eigenvalue weighted by molar-refractivity contribution is -0.111. The SMILES string of the molecule is O=C[C@H]1CC[C@@H](NC(=O)OCc2ccccc2)CC1. The molecule has 1 fully saturated rings. The van der Waals surface area contributed by atoms with Crippen LogP contribution in [0.5, 0.6) is 0 Å². The molecule has 0 unspecified atom stereocenters. The van der Waals surface area contributed by atoms with E-state index in [2.05, 4.69) is 5.32 Å². The highest BCUT2D eigenvalue weighted by Gasteiger charge is 2.22. The topological polar surface area (TPSA) is 55.4 Å². The van der Waals surface area contributed by atoms with Crippen LogP contribution < -0.4 is 5.32 Å². The summed E-state index contributed by atoms with van der Waals surface area (Å²) in [6, 6.07) is 9.73. The summed E-state index contributed by atoms with van der Waals surface area (Å²) in [6.07, 6.45) is 4.05. The fraction of sp³-hybridized carbons (Fsp3) is 0.467. The number of hydrogen-bond acceptors (Lipinski definition) is 3. The van der Waals surface area contributed by atoms with Gasteiger partial charge in [-0.3, -0.25) is 0 Å². The Morgan fingerprint density at radius 3 is 2.53 bits per heavy atom. The lowest BCUT2D eigenvalue weighted by Crippen LogP contribution is -2.38. The van der Waals surface area contributed by atoms with Crippen LogP contribution in [0.4, 0.5) is 4.79 Å². The van der Waals surface area contributed by atoms with Gasteiger partial charge >= 0.3 is 6.09 Å². The van der Waals surface area contributed by atoms with Crippen LogP contribution in [0.15, 0.2) is 30.3 Å². The zero-order valence-corrected chi connectivity index (χ0v) is 10.9. The Kier molecular flexibility index (Phi) is 4.95. The third kappa shape index (κ3) is 4.39. The molecule has 4 heteroatoms. The van der Waals surface area contributed by atoms with Crippen LogP contribution in [-0.2, 0) is 16.1 Å². The zero-order valence-electron chi connectivity index (χ0n) is 10.9. The van der Waals surface area contributed by atoms with Crippen molar-refractivity contribution in [2.45, 2.75) is 38.3 Å². The van der Waals surface area contributed by atoms with Crippen LogP contribution in [0.2, 0.25) is 0 Å². The summed E-state index contributed by atoms with van der Waals surface area (Å²) in [5, 5.41) is 2.86.